The number of aromatic amines is 1. The Morgan fingerprint density at radius 2 is 1.85 bits per heavy atom. The second-order valence-corrected chi connectivity index (χ2v) is 7.69. The first-order chi connectivity index (χ1) is 13.3. The molecule has 0 spiro atoms. The van der Waals surface area contributed by atoms with Crippen molar-refractivity contribution in [3.8, 4) is 0 Å². The van der Waals surface area contributed by atoms with Crippen molar-refractivity contribution in [3.63, 3.8) is 0 Å². The molecule has 1 aliphatic rings. The van der Waals surface area contributed by atoms with E-state index in [2.05, 4.69) is 36.8 Å². The first kappa shape index (κ1) is 18.0. The molecule has 7 heteroatoms. The maximum absolute atomic E-state index is 12.3. The molecular weight excluding hydrogens is 358 g/mol. The summed E-state index contributed by atoms with van der Waals surface area (Å²) < 4.78 is 2.15. The number of benzene rings is 1. The maximum Gasteiger partial charge on any atom is 0.192 e. The van der Waals surface area contributed by atoms with Crippen LogP contribution in [-0.2, 0) is 13.1 Å². The summed E-state index contributed by atoms with van der Waals surface area (Å²) >= 11 is 1.45. The molecule has 2 aromatic heterocycles. The molecule has 4 rings (SSSR count). The van der Waals surface area contributed by atoms with E-state index in [9.17, 15) is 4.79 Å². The monoisotopic (exact) mass is 381 g/mol. The first-order valence-electron chi connectivity index (χ1n) is 9.27. The number of nitrogens with zero attached hydrogens (tertiary/aromatic N) is 4. The number of aromatic nitrogens is 4. The average Bonchev–Trinajstić information content (AvgIpc) is 3.45. The Hall–Kier alpha value is -2.38. The molecule has 0 atom stereocenters. The number of hydrogen-bond donors (Lipinski definition) is 1. The average molecular weight is 382 g/mol. The topological polar surface area (TPSA) is 66.8 Å². The fourth-order valence-corrected chi connectivity index (χ4v) is 4.16. The van der Waals surface area contributed by atoms with Crippen molar-refractivity contribution in [3.05, 3.63) is 65.7 Å². The van der Waals surface area contributed by atoms with Gasteiger partial charge >= 0.3 is 0 Å². The molecule has 0 radical (unpaired) electrons. The molecule has 6 nitrogen and oxygen atoms in total. The van der Waals surface area contributed by atoms with Gasteiger partial charge in [-0.05, 0) is 43.6 Å². The minimum absolute atomic E-state index is 0.0698. The number of carbonyl (C=O) groups excluding carboxylic acids is 1. The summed E-state index contributed by atoms with van der Waals surface area (Å²) in [6.45, 7) is 3.76. The molecule has 0 bridgehead atoms. The molecular formula is C20H23N5OS. The van der Waals surface area contributed by atoms with Gasteiger partial charge in [-0.3, -0.25) is 9.69 Å². The van der Waals surface area contributed by atoms with Crippen LogP contribution in [0.25, 0.3) is 0 Å². The van der Waals surface area contributed by atoms with Crippen LogP contribution in [0.4, 0.5) is 0 Å². The molecule has 0 unspecified atom stereocenters. The first-order valence-corrected chi connectivity index (χ1v) is 10.3. The third-order valence-electron chi connectivity index (χ3n) is 4.77. The molecule has 3 aromatic rings. The molecule has 1 fully saturated rings. The predicted octanol–water partition coefficient (Wildman–Crippen LogP) is 3.23. The molecule has 0 aliphatic carbocycles. The third-order valence-corrected chi connectivity index (χ3v) is 5.74. The molecule has 0 amide bonds. The predicted molar refractivity (Wildman–Crippen MR) is 106 cm³/mol. The van der Waals surface area contributed by atoms with E-state index in [1.807, 2.05) is 24.3 Å². The lowest BCUT2D eigenvalue weighted by Gasteiger charge is -2.16. The van der Waals surface area contributed by atoms with Crippen molar-refractivity contribution < 1.29 is 4.79 Å². The number of hydrogen-bond acceptors (Lipinski definition) is 5. The minimum atomic E-state index is 0.0698. The van der Waals surface area contributed by atoms with Gasteiger partial charge in [-0.15, -0.1) is 10.2 Å². The number of H-pyrrole nitrogens is 1. The number of Topliss-reactive ketones (excluding diaryl/α,β-unsaturated/α-hetero) is 1. The molecule has 1 N–H and O–H groups in total. The van der Waals surface area contributed by atoms with Crippen LogP contribution in [0.1, 0.15) is 34.7 Å². The van der Waals surface area contributed by atoms with Gasteiger partial charge in [-0.2, -0.15) is 0 Å². The normalized spacial score (nSPS) is 14.7. The lowest BCUT2D eigenvalue weighted by molar-refractivity contribution is 0.101. The Bertz CT molecular complexity index is 869. The van der Waals surface area contributed by atoms with E-state index in [1.54, 1.807) is 12.3 Å². The van der Waals surface area contributed by atoms with Crippen molar-refractivity contribution in [1.29, 1.82) is 0 Å². The summed E-state index contributed by atoms with van der Waals surface area (Å²) in [7, 11) is 0. The molecule has 1 aromatic carbocycles. The smallest absolute Gasteiger partial charge is 0.192 e. The van der Waals surface area contributed by atoms with E-state index in [0.717, 1.165) is 37.2 Å². The Kier molecular flexibility index (Phi) is 5.69. The molecule has 1 aliphatic heterocycles. The van der Waals surface area contributed by atoms with Crippen LogP contribution in [-0.4, -0.2) is 49.3 Å². The highest BCUT2D eigenvalue weighted by atomic mass is 32.2. The number of carbonyl (C=O) groups is 1. The van der Waals surface area contributed by atoms with Gasteiger partial charge in [0.05, 0.1) is 24.5 Å². The van der Waals surface area contributed by atoms with Crippen molar-refractivity contribution in [2.24, 2.45) is 0 Å². The Balaban J connectivity index is 1.52. The van der Waals surface area contributed by atoms with Gasteiger partial charge in [0.15, 0.2) is 10.9 Å². The molecule has 3 heterocycles. The SMILES string of the molecule is O=C(CSc1nnc(CN2CCCC2)n1Cc1ccccc1)c1ccc[nH]1. The molecule has 140 valence electrons. The minimum Gasteiger partial charge on any atom is -0.359 e. The van der Waals surface area contributed by atoms with Crippen LogP contribution in [0.5, 0.6) is 0 Å². The molecule has 1 saturated heterocycles. The van der Waals surface area contributed by atoms with E-state index < -0.39 is 0 Å². The van der Waals surface area contributed by atoms with Crippen molar-refractivity contribution in [2.75, 3.05) is 18.8 Å². The maximum atomic E-state index is 12.3. The fourth-order valence-electron chi connectivity index (χ4n) is 3.32. The zero-order chi connectivity index (χ0) is 18.5. The highest BCUT2D eigenvalue weighted by Gasteiger charge is 2.19. The van der Waals surface area contributed by atoms with Crippen LogP contribution < -0.4 is 0 Å². The summed E-state index contributed by atoms with van der Waals surface area (Å²) in [6.07, 6.45) is 4.27. The van der Waals surface area contributed by atoms with Crippen molar-refractivity contribution in [1.82, 2.24) is 24.6 Å². The Labute approximate surface area is 163 Å². The second kappa shape index (κ2) is 8.54. The van der Waals surface area contributed by atoms with Crippen LogP contribution in [0.15, 0.2) is 53.8 Å². The molecule has 27 heavy (non-hydrogen) atoms. The lowest BCUT2D eigenvalue weighted by atomic mass is 10.2. The number of thioether (sulfide) groups is 1. The van der Waals surface area contributed by atoms with Crippen molar-refractivity contribution >= 4 is 17.5 Å². The van der Waals surface area contributed by atoms with E-state index >= 15 is 0 Å². The quantitative estimate of drug-likeness (QED) is 0.479. The van der Waals surface area contributed by atoms with Gasteiger partial charge < -0.3 is 9.55 Å². The van der Waals surface area contributed by atoms with E-state index in [-0.39, 0.29) is 5.78 Å². The Morgan fingerprint density at radius 1 is 1.04 bits per heavy atom. The molecule has 0 saturated carbocycles. The highest BCUT2D eigenvalue weighted by molar-refractivity contribution is 7.99. The van der Waals surface area contributed by atoms with Crippen LogP contribution >= 0.6 is 11.8 Å². The summed E-state index contributed by atoms with van der Waals surface area (Å²) in [4.78, 5) is 17.7. The van der Waals surface area contributed by atoms with Gasteiger partial charge in [-0.1, -0.05) is 42.1 Å². The fraction of sp³-hybridized carbons (Fsp3) is 0.350. The third kappa shape index (κ3) is 4.48. The summed E-state index contributed by atoms with van der Waals surface area (Å²) in [5, 5.41) is 9.64. The zero-order valence-corrected chi connectivity index (χ0v) is 16.0. The van der Waals surface area contributed by atoms with Gasteiger partial charge in [0.1, 0.15) is 5.82 Å². The van der Waals surface area contributed by atoms with E-state index in [0.29, 0.717) is 11.4 Å². The van der Waals surface area contributed by atoms with Crippen LogP contribution in [0.2, 0.25) is 0 Å². The number of rotatable bonds is 8. The van der Waals surface area contributed by atoms with E-state index in [1.165, 1.54) is 30.2 Å². The summed E-state index contributed by atoms with van der Waals surface area (Å²) in [5.41, 5.74) is 1.84. The summed E-state index contributed by atoms with van der Waals surface area (Å²) in [5.74, 6) is 1.38. The van der Waals surface area contributed by atoms with E-state index in [4.69, 9.17) is 0 Å². The largest absolute Gasteiger partial charge is 0.359 e. The second-order valence-electron chi connectivity index (χ2n) is 6.75. The van der Waals surface area contributed by atoms with Crippen LogP contribution in [0.3, 0.4) is 0 Å². The van der Waals surface area contributed by atoms with Gasteiger partial charge in [0, 0.05) is 6.20 Å². The van der Waals surface area contributed by atoms with Crippen molar-refractivity contribution in [2.45, 2.75) is 31.1 Å². The number of nitrogens with one attached hydrogen (secondary N) is 1. The van der Waals surface area contributed by atoms with Gasteiger partial charge in [0.25, 0.3) is 0 Å². The standard InChI is InChI=1S/C20H23N5OS/c26-18(17-9-6-10-21-17)15-27-20-23-22-19(14-24-11-4-5-12-24)25(20)13-16-7-2-1-3-8-16/h1-3,6-10,21H,4-5,11-15H2. The summed E-state index contributed by atoms with van der Waals surface area (Å²) in [6, 6.07) is 14.0. The van der Waals surface area contributed by atoms with Gasteiger partial charge in [0.2, 0.25) is 0 Å². The van der Waals surface area contributed by atoms with Gasteiger partial charge in [-0.25, -0.2) is 0 Å². The number of ketones is 1. The number of likely N-dealkylation sites (tertiary alicyclic amines) is 1. The van der Waals surface area contributed by atoms with Crippen LogP contribution in [0, 0.1) is 0 Å². The lowest BCUT2D eigenvalue weighted by Crippen LogP contribution is -2.21. The Morgan fingerprint density at radius 3 is 2.59 bits per heavy atom. The highest BCUT2D eigenvalue weighted by Crippen LogP contribution is 2.21. The zero-order valence-electron chi connectivity index (χ0n) is 15.2.